The molecule has 0 aliphatic heterocycles. The molecule has 0 spiro atoms. The first kappa shape index (κ1) is 81.1. The van der Waals surface area contributed by atoms with Gasteiger partial charge in [0.1, 0.15) is 40.5 Å². The Labute approximate surface area is 423 Å². The monoisotopic (exact) mass is 1090 g/mol. The van der Waals surface area contributed by atoms with Gasteiger partial charge >= 0.3 is 57.3 Å². The summed E-state index contributed by atoms with van der Waals surface area (Å²) in [6.07, 6.45) is 4.24. The molecule has 0 fully saturated rings. The average molecular weight is 1090 g/mol. The van der Waals surface area contributed by atoms with E-state index in [1.54, 1.807) is 0 Å². The molecule has 65 heavy (non-hydrogen) atoms. The summed E-state index contributed by atoms with van der Waals surface area (Å²) in [5.74, 6) is -10.8. The largest absolute Gasteiger partial charge is 4.00 e. The van der Waals surface area contributed by atoms with Gasteiger partial charge in [0.25, 0.3) is 0 Å². The van der Waals surface area contributed by atoms with Crippen LogP contribution in [0.25, 0.3) is 0 Å². The predicted octanol–water partition coefficient (Wildman–Crippen LogP) is -3.53. The van der Waals surface area contributed by atoms with E-state index < -0.39 is 86.7 Å². The first-order valence-electron chi connectivity index (χ1n) is 20.2. The Morgan fingerprint density at radius 2 is 0.308 bits per heavy atom. The Kier molecular flexibility index (Phi) is 74.7. The second-order valence-electron chi connectivity index (χ2n) is 12.9. The molecule has 0 rings (SSSR count). The minimum Gasteiger partial charge on any atom is -0.550 e. The van der Waals surface area contributed by atoms with Crippen LogP contribution in [-0.2, 0) is 88.8 Å². The van der Waals surface area contributed by atoms with Gasteiger partial charge in [0, 0.05) is 132 Å². The number of Topliss-reactive ketones (excluding diaryl/α,β-unsaturated/α-hetero) is 7. The molecule has 364 valence electrons. The van der Waals surface area contributed by atoms with Gasteiger partial charge in [-0.25, -0.2) is 0 Å². The molecule has 0 amide bonds. The molecule has 21 nitrogen and oxygen atoms in total. The summed E-state index contributed by atoms with van der Waals surface area (Å²) >= 11 is 0. The van der Waals surface area contributed by atoms with Gasteiger partial charge in [-0.2, -0.15) is 0 Å². The molecule has 0 N–H and O–H groups in total. The number of carboxylic acid groups (broad SMARTS) is 7. The molecule has 0 bridgehead atoms. The number of ketones is 7. The van der Waals surface area contributed by atoms with Crippen molar-refractivity contribution in [3.8, 4) is 0 Å². The Morgan fingerprint density at radius 1 is 0.231 bits per heavy atom. The zero-order valence-corrected chi connectivity index (χ0v) is 43.7. The van der Waals surface area contributed by atoms with Crippen molar-refractivity contribution in [3.63, 3.8) is 0 Å². The number of hydrogen-bond donors (Lipinski definition) is 0. The second kappa shape index (κ2) is 59.9. The number of hydrogen-bond acceptors (Lipinski definition) is 21. The summed E-state index contributed by atoms with van der Waals surface area (Å²) in [6, 6.07) is 0. The zero-order valence-electron chi connectivity index (χ0n) is 38.5. The van der Waals surface area contributed by atoms with Crippen LogP contribution in [0.15, 0.2) is 0 Å². The van der Waals surface area contributed by atoms with Crippen molar-refractivity contribution in [2.24, 2.45) is 0 Å². The summed E-state index contributed by atoms with van der Waals surface area (Å²) in [5.41, 5.74) is 0. The second-order valence-corrected chi connectivity index (χ2v) is 12.9. The third-order valence-corrected chi connectivity index (χ3v) is 6.09. The molecule has 0 aromatic carbocycles. The molecular weight excluding hydrogens is 1030 g/mol. The van der Waals surface area contributed by atoms with E-state index in [0.29, 0.717) is 89.9 Å². The predicted molar refractivity (Wildman–Crippen MR) is 207 cm³/mol. The van der Waals surface area contributed by atoms with Gasteiger partial charge in [-0.05, 0) is 44.9 Å². The van der Waals surface area contributed by atoms with E-state index in [1.807, 2.05) is 48.5 Å². The van der Waals surface area contributed by atoms with E-state index >= 15 is 0 Å². The van der Waals surface area contributed by atoms with E-state index in [1.165, 1.54) is 0 Å². The molecular formula is C42H63LaO21Ti. The van der Waals surface area contributed by atoms with E-state index in [2.05, 4.69) is 0 Å². The van der Waals surface area contributed by atoms with Crippen LogP contribution < -0.4 is 35.7 Å². The topological polar surface area (TPSA) is 400 Å². The van der Waals surface area contributed by atoms with Crippen LogP contribution in [0.1, 0.15) is 183 Å². The maximum Gasteiger partial charge on any atom is 4.00 e. The maximum atomic E-state index is 10.4. The van der Waals surface area contributed by atoms with Crippen LogP contribution >= 0.6 is 0 Å². The zero-order chi connectivity index (χ0) is 50.9. The van der Waals surface area contributed by atoms with Gasteiger partial charge in [-0.1, -0.05) is 48.5 Å². The fourth-order valence-electron chi connectivity index (χ4n) is 3.70. The molecule has 0 aromatic rings. The molecule has 0 aliphatic rings. The number of carbonyl (C=O) groups is 14. The molecule has 0 heterocycles. The van der Waals surface area contributed by atoms with Crippen LogP contribution in [-0.4, -0.2) is 82.3 Å². The van der Waals surface area contributed by atoms with Crippen molar-refractivity contribution in [3.05, 3.63) is 0 Å². The molecule has 0 saturated carbocycles. The van der Waals surface area contributed by atoms with Crippen LogP contribution in [0.4, 0.5) is 0 Å². The normalized spacial score (nSPS) is 8.72. The summed E-state index contributed by atoms with van der Waals surface area (Å²) < 4.78 is 0. The summed E-state index contributed by atoms with van der Waals surface area (Å²) in [4.78, 5) is 141. The minimum absolute atomic E-state index is 0. The number of carboxylic acids is 7. The molecule has 0 saturated heterocycles. The first-order chi connectivity index (χ1) is 29.1. The van der Waals surface area contributed by atoms with Crippen molar-refractivity contribution in [2.45, 2.75) is 183 Å². The molecule has 0 aromatic heterocycles. The van der Waals surface area contributed by atoms with E-state index in [-0.39, 0.29) is 97.8 Å². The molecule has 23 heteroatoms. The van der Waals surface area contributed by atoms with Crippen LogP contribution in [0.2, 0.25) is 0 Å². The fourth-order valence-corrected chi connectivity index (χ4v) is 3.70. The third-order valence-electron chi connectivity index (χ3n) is 6.09. The summed E-state index contributed by atoms with van der Waals surface area (Å²) in [6.45, 7) is 12.8. The Morgan fingerprint density at radius 3 is 0.354 bits per heavy atom. The summed E-state index contributed by atoms with van der Waals surface area (Å²) in [7, 11) is 0. The van der Waals surface area contributed by atoms with E-state index in [9.17, 15) is 103 Å². The van der Waals surface area contributed by atoms with Crippen LogP contribution in [0.5, 0.6) is 0 Å². The Hall–Kier alpha value is -4.11. The third kappa shape index (κ3) is 99.6. The van der Waals surface area contributed by atoms with Gasteiger partial charge in [-0.15, -0.1) is 0 Å². The molecule has 0 aliphatic carbocycles. The number of carbonyl (C=O) groups excluding carboxylic acids is 14. The van der Waals surface area contributed by atoms with Crippen molar-refractivity contribution in [1.29, 1.82) is 0 Å². The fraction of sp³-hybridized carbons (Fsp3) is 0.667. The van der Waals surface area contributed by atoms with E-state index in [0.717, 1.165) is 0 Å². The number of rotatable bonds is 28. The Balaban J connectivity index is -0.0000000800. The van der Waals surface area contributed by atoms with Gasteiger partial charge in [0.15, 0.2) is 0 Å². The molecule has 0 atom stereocenters. The average Bonchev–Trinajstić information content (AvgIpc) is 3.08. The van der Waals surface area contributed by atoms with Crippen molar-refractivity contribution in [2.75, 3.05) is 0 Å². The van der Waals surface area contributed by atoms with E-state index in [4.69, 9.17) is 0 Å². The van der Waals surface area contributed by atoms with Gasteiger partial charge < -0.3 is 69.3 Å². The standard InChI is InChI=1S/7C6H10O3.La.Ti/c7*1-2-3-5(7)4-6(8)9;;/h7*2-4H2,1H3,(H,8,9);;/q;;;;;;;+3;+4/p-7. The minimum atomic E-state index is -1.28. The van der Waals surface area contributed by atoms with Crippen molar-refractivity contribution in [1.82, 2.24) is 0 Å². The smallest absolute Gasteiger partial charge is 0.550 e. The van der Waals surface area contributed by atoms with Crippen LogP contribution in [0.3, 0.4) is 0 Å². The quantitative estimate of drug-likeness (QED) is 0.0541. The maximum absolute atomic E-state index is 10.4. The van der Waals surface area contributed by atoms with Gasteiger partial charge in [0.2, 0.25) is 0 Å². The van der Waals surface area contributed by atoms with Crippen LogP contribution in [0, 0.1) is 35.6 Å². The van der Waals surface area contributed by atoms with Crippen molar-refractivity contribution < 1.29 is 160 Å². The van der Waals surface area contributed by atoms with Gasteiger partial charge in [0.05, 0.1) is 0 Å². The Bertz CT molecular complexity index is 1130. The molecule has 0 unspecified atom stereocenters. The summed E-state index contributed by atoms with van der Waals surface area (Å²) in [5, 5.41) is 68.3. The first-order valence-corrected chi connectivity index (χ1v) is 20.2. The molecule has 0 radical (unpaired) electrons. The number of aliphatic carboxylic acids is 7. The van der Waals surface area contributed by atoms with Gasteiger partial charge in [-0.3, -0.25) is 33.6 Å². The van der Waals surface area contributed by atoms with Crippen molar-refractivity contribution >= 4 is 82.3 Å². The SMILES string of the molecule is CCCC(=O)CC(=O)[O-].CCCC(=O)CC(=O)[O-].CCCC(=O)CC(=O)[O-].CCCC(=O)CC(=O)[O-].CCCC(=O)CC(=O)[O-].CCCC(=O)CC(=O)[O-].CCCC(=O)CC(=O)[O-].[La+3].[Ti+4].